The number of aromatic carboxylic acids is 1. The lowest BCUT2D eigenvalue weighted by Gasteiger charge is -2.09. The van der Waals surface area contributed by atoms with E-state index in [0.29, 0.717) is 6.54 Å². The van der Waals surface area contributed by atoms with Gasteiger partial charge in [0.2, 0.25) is 0 Å². The zero-order valence-electron chi connectivity index (χ0n) is 11.6. The van der Waals surface area contributed by atoms with Gasteiger partial charge in [0.15, 0.2) is 0 Å². The van der Waals surface area contributed by atoms with E-state index in [-0.39, 0.29) is 17.9 Å². The number of hydrogen-bond donors (Lipinski definition) is 1. The van der Waals surface area contributed by atoms with Gasteiger partial charge in [-0.1, -0.05) is 0 Å². The van der Waals surface area contributed by atoms with Crippen LogP contribution in [0, 0.1) is 12.7 Å². The molecule has 2 rings (SSSR count). The fourth-order valence-corrected chi connectivity index (χ4v) is 2.32. The fourth-order valence-electron chi connectivity index (χ4n) is 1.92. The van der Waals surface area contributed by atoms with Crippen LogP contribution in [0.4, 0.5) is 4.39 Å². The summed E-state index contributed by atoms with van der Waals surface area (Å²) in [6, 6.07) is 3.68. The van der Waals surface area contributed by atoms with Gasteiger partial charge >= 0.3 is 5.97 Å². The molecule has 0 unspecified atom stereocenters. The molecule has 0 aliphatic carbocycles. The predicted molar refractivity (Wildman–Crippen MR) is 78.0 cm³/mol. The minimum Gasteiger partial charge on any atom is -0.487 e. The quantitative estimate of drug-likeness (QED) is 0.891. The van der Waals surface area contributed by atoms with E-state index in [1.807, 2.05) is 13.8 Å². The Hall–Kier alpha value is -1.89. The molecule has 0 spiro atoms. The van der Waals surface area contributed by atoms with Gasteiger partial charge in [0.25, 0.3) is 0 Å². The number of nitrogens with zero attached hydrogens (tertiary/aromatic N) is 2. The number of carboxylic acid groups (broad SMARTS) is 1. The van der Waals surface area contributed by atoms with E-state index in [1.165, 1.54) is 12.1 Å². The van der Waals surface area contributed by atoms with Crippen LogP contribution in [0.25, 0.3) is 0 Å². The largest absolute Gasteiger partial charge is 0.487 e. The van der Waals surface area contributed by atoms with Crippen LogP contribution in [0.5, 0.6) is 5.75 Å². The standard InChI is InChI=1S/C14H14BrFN2O3/c1-3-18-12(13(15)8(2)17-18)7-21-9-4-5-10(14(19)20)11(16)6-9/h4-6H,3,7H2,1-2H3,(H,19,20). The molecule has 0 amide bonds. The first-order chi connectivity index (χ1) is 9.93. The first-order valence-corrected chi connectivity index (χ1v) is 7.10. The molecule has 1 N–H and O–H groups in total. The first kappa shape index (κ1) is 15.5. The highest BCUT2D eigenvalue weighted by Gasteiger charge is 2.14. The number of carboxylic acids is 1. The van der Waals surface area contributed by atoms with E-state index >= 15 is 0 Å². The lowest BCUT2D eigenvalue weighted by Crippen LogP contribution is -2.07. The zero-order chi connectivity index (χ0) is 15.6. The minimum atomic E-state index is -1.30. The summed E-state index contributed by atoms with van der Waals surface area (Å²) in [6.07, 6.45) is 0. The minimum absolute atomic E-state index is 0.209. The maximum absolute atomic E-state index is 13.6. The van der Waals surface area contributed by atoms with Crippen molar-refractivity contribution in [2.24, 2.45) is 0 Å². The molecule has 0 aliphatic heterocycles. The molecule has 1 aromatic heterocycles. The molecule has 5 nitrogen and oxygen atoms in total. The van der Waals surface area contributed by atoms with Gasteiger partial charge in [-0.05, 0) is 41.9 Å². The fraction of sp³-hybridized carbons (Fsp3) is 0.286. The van der Waals surface area contributed by atoms with E-state index < -0.39 is 11.8 Å². The van der Waals surface area contributed by atoms with E-state index in [1.54, 1.807) is 4.68 Å². The van der Waals surface area contributed by atoms with Crippen molar-refractivity contribution in [1.82, 2.24) is 9.78 Å². The smallest absolute Gasteiger partial charge is 0.338 e. The zero-order valence-corrected chi connectivity index (χ0v) is 13.1. The second kappa shape index (κ2) is 6.26. The molecule has 1 aromatic carbocycles. The van der Waals surface area contributed by atoms with Crippen LogP contribution in [0.2, 0.25) is 0 Å². The molecule has 0 saturated heterocycles. The van der Waals surface area contributed by atoms with Crippen LogP contribution < -0.4 is 4.74 Å². The third-order valence-electron chi connectivity index (χ3n) is 3.00. The highest BCUT2D eigenvalue weighted by molar-refractivity contribution is 9.10. The topological polar surface area (TPSA) is 64.4 Å². The number of carbonyl (C=O) groups is 1. The second-order valence-electron chi connectivity index (χ2n) is 4.40. The van der Waals surface area contributed by atoms with E-state index in [0.717, 1.165) is 21.9 Å². The SMILES string of the molecule is CCn1nc(C)c(Br)c1COc1ccc(C(=O)O)c(F)c1. The van der Waals surface area contributed by atoms with Crippen LogP contribution in [-0.4, -0.2) is 20.9 Å². The van der Waals surface area contributed by atoms with Gasteiger partial charge in [-0.15, -0.1) is 0 Å². The summed E-state index contributed by atoms with van der Waals surface area (Å²) in [4.78, 5) is 10.7. The highest BCUT2D eigenvalue weighted by Crippen LogP contribution is 2.23. The van der Waals surface area contributed by atoms with Crippen LogP contribution in [-0.2, 0) is 13.2 Å². The van der Waals surface area contributed by atoms with Gasteiger partial charge in [-0.2, -0.15) is 5.10 Å². The predicted octanol–water partition coefficient (Wildman–Crippen LogP) is 3.39. The number of ether oxygens (including phenoxy) is 1. The molecule has 0 bridgehead atoms. The van der Waals surface area contributed by atoms with Crippen molar-refractivity contribution in [3.05, 3.63) is 45.4 Å². The normalized spacial score (nSPS) is 10.7. The van der Waals surface area contributed by atoms with Crippen molar-refractivity contribution in [3.63, 3.8) is 0 Å². The van der Waals surface area contributed by atoms with E-state index in [4.69, 9.17) is 9.84 Å². The van der Waals surface area contributed by atoms with Gasteiger partial charge in [-0.3, -0.25) is 4.68 Å². The van der Waals surface area contributed by atoms with Gasteiger partial charge in [-0.25, -0.2) is 9.18 Å². The molecule has 0 aliphatic rings. The summed E-state index contributed by atoms with van der Waals surface area (Å²) in [5, 5.41) is 13.1. The molecule has 0 saturated carbocycles. The van der Waals surface area contributed by atoms with Crippen molar-refractivity contribution >= 4 is 21.9 Å². The Kier molecular flexibility index (Phi) is 4.62. The van der Waals surface area contributed by atoms with Crippen molar-refractivity contribution in [2.75, 3.05) is 0 Å². The molecular weight excluding hydrogens is 343 g/mol. The molecule has 112 valence electrons. The van der Waals surface area contributed by atoms with E-state index in [9.17, 15) is 9.18 Å². The Morgan fingerprint density at radius 1 is 1.52 bits per heavy atom. The number of aromatic nitrogens is 2. The Morgan fingerprint density at radius 3 is 2.81 bits per heavy atom. The van der Waals surface area contributed by atoms with Crippen molar-refractivity contribution in [2.45, 2.75) is 27.0 Å². The average Bonchev–Trinajstić information content (AvgIpc) is 2.71. The third kappa shape index (κ3) is 3.24. The molecule has 0 radical (unpaired) electrons. The lowest BCUT2D eigenvalue weighted by atomic mass is 10.2. The van der Waals surface area contributed by atoms with Crippen LogP contribution >= 0.6 is 15.9 Å². The monoisotopic (exact) mass is 356 g/mol. The number of halogens is 2. The number of aryl methyl sites for hydroxylation is 2. The maximum atomic E-state index is 13.6. The summed E-state index contributed by atoms with van der Waals surface area (Å²) < 4.78 is 21.7. The molecule has 7 heteroatoms. The Labute approximate surface area is 129 Å². The van der Waals surface area contributed by atoms with Gasteiger partial charge < -0.3 is 9.84 Å². The lowest BCUT2D eigenvalue weighted by molar-refractivity contribution is 0.0692. The third-order valence-corrected chi connectivity index (χ3v) is 4.03. The number of hydrogen-bond acceptors (Lipinski definition) is 3. The Bertz CT molecular complexity index is 685. The second-order valence-corrected chi connectivity index (χ2v) is 5.19. The average molecular weight is 357 g/mol. The van der Waals surface area contributed by atoms with E-state index in [2.05, 4.69) is 21.0 Å². The molecule has 1 heterocycles. The molecule has 21 heavy (non-hydrogen) atoms. The molecule has 0 fully saturated rings. The maximum Gasteiger partial charge on any atom is 0.338 e. The molecular formula is C14H14BrFN2O3. The van der Waals surface area contributed by atoms with Crippen molar-refractivity contribution < 1.29 is 19.0 Å². The molecule has 0 atom stereocenters. The summed E-state index contributed by atoms with van der Waals surface area (Å²) in [6.45, 7) is 4.74. The summed E-state index contributed by atoms with van der Waals surface area (Å²) in [7, 11) is 0. The van der Waals surface area contributed by atoms with Crippen LogP contribution in [0.1, 0.15) is 28.7 Å². The first-order valence-electron chi connectivity index (χ1n) is 6.31. The van der Waals surface area contributed by atoms with Gasteiger partial charge in [0, 0.05) is 12.6 Å². The highest BCUT2D eigenvalue weighted by atomic mass is 79.9. The van der Waals surface area contributed by atoms with Crippen LogP contribution in [0.3, 0.4) is 0 Å². The van der Waals surface area contributed by atoms with Crippen molar-refractivity contribution in [3.8, 4) is 5.75 Å². The van der Waals surface area contributed by atoms with Gasteiger partial charge in [0.05, 0.1) is 21.4 Å². The number of rotatable bonds is 5. The van der Waals surface area contributed by atoms with Gasteiger partial charge in [0.1, 0.15) is 18.2 Å². The number of benzene rings is 1. The Balaban J connectivity index is 2.17. The van der Waals surface area contributed by atoms with Crippen molar-refractivity contribution in [1.29, 1.82) is 0 Å². The Morgan fingerprint density at radius 2 is 2.24 bits per heavy atom. The molecule has 2 aromatic rings. The summed E-state index contributed by atoms with van der Waals surface area (Å²) >= 11 is 3.45. The van der Waals surface area contributed by atoms with Crippen LogP contribution in [0.15, 0.2) is 22.7 Å². The summed E-state index contributed by atoms with van der Waals surface area (Å²) in [5.74, 6) is -1.85. The summed E-state index contributed by atoms with van der Waals surface area (Å²) in [5.41, 5.74) is 1.32.